The van der Waals surface area contributed by atoms with Crippen LogP contribution in [0.4, 0.5) is 0 Å². The minimum atomic E-state index is 0.428. The lowest BCUT2D eigenvalue weighted by Gasteiger charge is -2.31. The SMILES string of the molecule is Cc1nc(C(C)N(C)CC2CCCNC2)c(C)s1. The summed E-state index contributed by atoms with van der Waals surface area (Å²) in [7, 11) is 2.23. The number of aryl methyl sites for hydroxylation is 2. The van der Waals surface area contributed by atoms with E-state index in [0.29, 0.717) is 6.04 Å². The van der Waals surface area contributed by atoms with Crippen LogP contribution in [0.5, 0.6) is 0 Å². The summed E-state index contributed by atoms with van der Waals surface area (Å²) in [6, 6.07) is 0.428. The average Bonchev–Trinajstić information content (AvgIpc) is 2.68. The topological polar surface area (TPSA) is 28.2 Å². The van der Waals surface area contributed by atoms with Crippen LogP contribution in [-0.4, -0.2) is 36.6 Å². The normalized spacial score (nSPS) is 22.4. The molecule has 0 bridgehead atoms. The number of nitrogens with one attached hydrogen (secondary N) is 1. The van der Waals surface area contributed by atoms with Gasteiger partial charge in [-0.15, -0.1) is 11.3 Å². The van der Waals surface area contributed by atoms with Crippen LogP contribution in [0.15, 0.2) is 0 Å². The molecular weight excluding hydrogens is 242 g/mol. The highest BCUT2D eigenvalue weighted by Gasteiger charge is 2.21. The van der Waals surface area contributed by atoms with Gasteiger partial charge in [0.05, 0.1) is 16.7 Å². The standard InChI is InChI=1S/C14H25N3S/c1-10(14-11(2)18-12(3)16-14)17(4)9-13-6-5-7-15-8-13/h10,13,15H,5-9H2,1-4H3. The second kappa shape index (κ2) is 6.13. The maximum absolute atomic E-state index is 4.69. The smallest absolute Gasteiger partial charge is 0.0900 e. The Labute approximate surface area is 115 Å². The first-order valence-corrected chi connectivity index (χ1v) is 7.74. The Morgan fingerprint density at radius 1 is 1.50 bits per heavy atom. The van der Waals surface area contributed by atoms with Crippen LogP contribution >= 0.6 is 11.3 Å². The lowest BCUT2D eigenvalue weighted by atomic mass is 9.98. The Bertz CT molecular complexity index is 382. The van der Waals surface area contributed by atoms with Gasteiger partial charge in [-0.05, 0) is 59.7 Å². The zero-order valence-corrected chi connectivity index (χ0v) is 12.8. The van der Waals surface area contributed by atoms with Gasteiger partial charge in [0.25, 0.3) is 0 Å². The number of hydrogen-bond acceptors (Lipinski definition) is 4. The third kappa shape index (κ3) is 3.31. The van der Waals surface area contributed by atoms with Crippen LogP contribution in [0, 0.1) is 19.8 Å². The van der Waals surface area contributed by atoms with Crippen LogP contribution in [0.1, 0.15) is 41.4 Å². The Hall–Kier alpha value is -0.450. The van der Waals surface area contributed by atoms with Gasteiger partial charge in [-0.3, -0.25) is 4.90 Å². The van der Waals surface area contributed by atoms with E-state index in [0.717, 1.165) is 5.92 Å². The molecule has 0 amide bonds. The molecule has 0 radical (unpaired) electrons. The molecule has 1 saturated heterocycles. The summed E-state index contributed by atoms with van der Waals surface area (Å²) in [6.07, 6.45) is 2.68. The molecule has 2 unspecified atom stereocenters. The van der Waals surface area contributed by atoms with Crippen LogP contribution in [-0.2, 0) is 0 Å². The van der Waals surface area contributed by atoms with Crippen molar-refractivity contribution in [1.29, 1.82) is 0 Å². The molecular formula is C14H25N3S. The summed E-state index contributed by atoms with van der Waals surface area (Å²) in [5, 5.41) is 4.68. The minimum absolute atomic E-state index is 0.428. The van der Waals surface area contributed by atoms with E-state index >= 15 is 0 Å². The molecule has 0 saturated carbocycles. The summed E-state index contributed by atoms with van der Waals surface area (Å²) in [5.74, 6) is 0.797. The van der Waals surface area contributed by atoms with Crippen molar-refractivity contribution in [3.63, 3.8) is 0 Å². The van der Waals surface area contributed by atoms with Crippen molar-refractivity contribution in [1.82, 2.24) is 15.2 Å². The van der Waals surface area contributed by atoms with Gasteiger partial charge in [-0.25, -0.2) is 4.98 Å². The first kappa shape index (κ1) is 14.0. The zero-order valence-electron chi connectivity index (χ0n) is 12.0. The molecule has 1 N–H and O–H groups in total. The highest BCUT2D eigenvalue weighted by Crippen LogP contribution is 2.27. The van der Waals surface area contributed by atoms with Crippen molar-refractivity contribution < 1.29 is 0 Å². The van der Waals surface area contributed by atoms with E-state index in [2.05, 4.69) is 43.0 Å². The van der Waals surface area contributed by atoms with Crippen molar-refractivity contribution in [2.45, 2.75) is 39.7 Å². The average molecular weight is 267 g/mol. The summed E-state index contributed by atoms with van der Waals surface area (Å²) >= 11 is 1.81. The molecule has 4 heteroatoms. The highest BCUT2D eigenvalue weighted by atomic mass is 32.1. The fraction of sp³-hybridized carbons (Fsp3) is 0.786. The van der Waals surface area contributed by atoms with Crippen molar-refractivity contribution >= 4 is 11.3 Å². The van der Waals surface area contributed by atoms with Gasteiger partial charge in [0.2, 0.25) is 0 Å². The van der Waals surface area contributed by atoms with Crippen LogP contribution < -0.4 is 5.32 Å². The molecule has 2 heterocycles. The molecule has 102 valence electrons. The van der Waals surface area contributed by atoms with E-state index in [9.17, 15) is 0 Å². The lowest BCUT2D eigenvalue weighted by Crippen LogP contribution is -2.37. The fourth-order valence-electron chi connectivity index (χ4n) is 2.79. The lowest BCUT2D eigenvalue weighted by molar-refractivity contribution is 0.196. The van der Waals surface area contributed by atoms with E-state index in [1.54, 1.807) is 0 Å². The molecule has 1 aromatic heterocycles. The third-order valence-electron chi connectivity index (χ3n) is 3.94. The van der Waals surface area contributed by atoms with E-state index < -0.39 is 0 Å². The molecule has 2 rings (SSSR count). The van der Waals surface area contributed by atoms with Crippen LogP contribution in [0.2, 0.25) is 0 Å². The molecule has 0 aromatic carbocycles. The van der Waals surface area contributed by atoms with Gasteiger partial charge in [0.15, 0.2) is 0 Å². The molecule has 2 atom stereocenters. The Morgan fingerprint density at radius 2 is 2.28 bits per heavy atom. The first-order chi connectivity index (χ1) is 8.58. The highest BCUT2D eigenvalue weighted by molar-refractivity contribution is 7.11. The fourth-order valence-corrected chi connectivity index (χ4v) is 3.69. The van der Waals surface area contributed by atoms with Gasteiger partial charge in [-0.1, -0.05) is 0 Å². The quantitative estimate of drug-likeness (QED) is 0.909. The summed E-state index contributed by atoms with van der Waals surface area (Å²) in [6.45, 7) is 10.1. The van der Waals surface area contributed by atoms with Gasteiger partial charge in [-0.2, -0.15) is 0 Å². The summed E-state index contributed by atoms with van der Waals surface area (Å²) in [4.78, 5) is 8.51. The molecule has 1 aliphatic rings. The largest absolute Gasteiger partial charge is 0.316 e. The van der Waals surface area contributed by atoms with E-state index in [1.165, 1.54) is 48.1 Å². The van der Waals surface area contributed by atoms with Crippen LogP contribution in [0.3, 0.4) is 0 Å². The second-order valence-electron chi connectivity index (χ2n) is 5.50. The van der Waals surface area contributed by atoms with Gasteiger partial charge < -0.3 is 5.32 Å². The number of rotatable bonds is 4. The van der Waals surface area contributed by atoms with E-state index in [1.807, 2.05) is 11.3 Å². The molecule has 18 heavy (non-hydrogen) atoms. The maximum atomic E-state index is 4.69. The zero-order chi connectivity index (χ0) is 13.1. The number of thiazole rings is 1. The molecule has 3 nitrogen and oxygen atoms in total. The Morgan fingerprint density at radius 3 is 2.83 bits per heavy atom. The minimum Gasteiger partial charge on any atom is -0.316 e. The number of aromatic nitrogens is 1. The Kier molecular flexibility index (Phi) is 4.76. The number of nitrogens with zero attached hydrogens (tertiary/aromatic N) is 2. The predicted molar refractivity (Wildman–Crippen MR) is 78.2 cm³/mol. The van der Waals surface area contributed by atoms with Crippen molar-refractivity contribution in [3.05, 3.63) is 15.6 Å². The number of hydrogen-bond donors (Lipinski definition) is 1. The third-order valence-corrected chi connectivity index (χ3v) is 4.84. The monoisotopic (exact) mass is 267 g/mol. The van der Waals surface area contributed by atoms with Gasteiger partial charge >= 0.3 is 0 Å². The number of piperidine rings is 1. The summed E-state index contributed by atoms with van der Waals surface area (Å²) in [5.41, 5.74) is 1.27. The first-order valence-electron chi connectivity index (χ1n) is 6.92. The van der Waals surface area contributed by atoms with Crippen molar-refractivity contribution in [2.24, 2.45) is 5.92 Å². The second-order valence-corrected chi connectivity index (χ2v) is 6.91. The van der Waals surface area contributed by atoms with Crippen molar-refractivity contribution in [3.8, 4) is 0 Å². The summed E-state index contributed by atoms with van der Waals surface area (Å²) < 4.78 is 0. The van der Waals surface area contributed by atoms with Crippen LogP contribution in [0.25, 0.3) is 0 Å². The molecule has 1 aliphatic heterocycles. The van der Waals surface area contributed by atoms with E-state index in [-0.39, 0.29) is 0 Å². The van der Waals surface area contributed by atoms with Gasteiger partial charge in [0, 0.05) is 11.4 Å². The van der Waals surface area contributed by atoms with Crippen molar-refractivity contribution in [2.75, 3.05) is 26.7 Å². The maximum Gasteiger partial charge on any atom is 0.0900 e. The molecule has 1 fully saturated rings. The molecule has 1 aromatic rings. The molecule has 0 aliphatic carbocycles. The predicted octanol–water partition coefficient (Wildman–Crippen LogP) is 2.75. The molecule has 0 spiro atoms. The Balaban J connectivity index is 1.95. The van der Waals surface area contributed by atoms with Gasteiger partial charge in [0.1, 0.15) is 0 Å². The van der Waals surface area contributed by atoms with E-state index in [4.69, 9.17) is 0 Å².